The molecule has 0 fully saturated rings. The third-order valence-electron chi connectivity index (χ3n) is 20.1. The van der Waals surface area contributed by atoms with E-state index in [2.05, 4.69) is 212 Å². The lowest BCUT2D eigenvalue weighted by Crippen LogP contribution is -2.12. The number of hydrogen-bond acceptors (Lipinski definition) is 10. The van der Waals surface area contributed by atoms with E-state index in [1.807, 2.05) is 0 Å². The highest BCUT2D eigenvalue weighted by Crippen LogP contribution is 2.36. The van der Waals surface area contributed by atoms with E-state index in [0.29, 0.717) is 80.7 Å². The van der Waals surface area contributed by atoms with E-state index in [9.17, 15) is 19.5 Å². The molecule has 14 nitrogen and oxygen atoms in total. The number of para-hydroxylation sites is 8. The van der Waals surface area contributed by atoms with Crippen molar-refractivity contribution in [3.63, 3.8) is 0 Å². The SMILES string of the molecule is O=C(/C=C(/O)c1cc(OC(=O)c2cc(OCCCCn3c4ccccc4c4ccccc43)cc(OCCCCn3c4ccccc4c4ccccc43)c2)cc(OC(=O)c2cc(OCCCCn3c4ccccc4c4ccccc43)cc(OCCCCn3c4ccccc4c4ccccc43)c2)c1)c1ccccc1. The zero-order valence-corrected chi connectivity index (χ0v) is 59.4. The van der Waals surface area contributed by atoms with Crippen LogP contribution in [0, 0.1) is 0 Å². The smallest absolute Gasteiger partial charge is 0.343 e. The minimum Gasteiger partial charge on any atom is -0.507 e. The normalized spacial score (nSPS) is 11.8. The topological polar surface area (TPSA) is 147 Å². The van der Waals surface area contributed by atoms with Crippen molar-refractivity contribution in [2.75, 3.05) is 26.4 Å². The van der Waals surface area contributed by atoms with Gasteiger partial charge in [-0.05, 0) is 136 Å². The second kappa shape index (κ2) is 31.7. The van der Waals surface area contributed by atoms with E-state index in [1.54, 1.807) is 66.7 Å². The van der Waals surface area contributed by atoms with Crippen molar-refractivity contribution in [3.05, 3.63) is 307 Å². The van der Waals surface area contributed by atoms with Gasteiger partial charge in [0.2, 0.25) is 0 Å². The van der Waals surface area contributed by atoms with Crippen molar-refractivity contribution in [2.24, 2.45) is 0 Å². The first-order chi connectivity index (χ1) is 52.7. The Morgan fingerprint density at radius 2 is 0.495 bits per heavy atom. The number of aromatic nitrogens is 4. The van der Waals surface area contributed by atoms with Crippen LogP contribution in [0.3, 0.4) is 0 Å². The standard InChI is InChI=1S/C93H80N4O10/c98-90(64-28-2-1-3-29-64)63-91(99)65-54-72(106-92(100)66-56-68(102-50-24-20-46-94-82-38-12-4-30-74(82)75-31-5-13-39-83(75)94)60-69(57-66)103-51-25-21-47-95-84-40-14-6-32-76(84)77-33-7-15-41-85(77)95)62-73(55-65)107-93(101)67-58-70(104-52-26-22-48-96-86-42-16-8-34-78(86)79-35-9-17-43-87(79)96)61-71(59-67)105-53-27-23-49-97-88-44-18-10-36-80(88)81-37-11-19-45-89(81)97/h1-19,28-45,54-63,99H,20-27,46-53H2/b91-63+. The molecule has 4 aromatic heterocycles. The molecule has 1 N–H and O–H groups in total. The molecule has 4 heterocycles. The predicted molar refractivity (Wildman–Crippen MR) is 427 cm³/mol. The van der Waals surface area contributed by atoms with Gasteiger partial charge in [-0.25, -0.2) is 9.59 Å². The lowest BCUT2D eigenvalue weighted by molar-refractivity contribution is 0.0730. The average molecular weight is 1410 g/mol. The van der Waals surface area contributed by atoms with Crippen LogP contribution in [0.5, 0.6) is 34.5 Å². The number of aliphatic hydroxyl groups excluding tert-OH is 1. The zero-order chi connectivity index (χ0) is 72.4. The van der Waals surface area contributed by atoms with Crippen LogP contribution in [-0.2, 0) is 26.2 Å². The van der Waals surface area contributed by atoms with Gasteiger partial charge in [0.15, 0.2) is 5.78 Å². The molecule has 0 unspecified atom stereocenters. The number of unbranched alkanes of at least 4 members (excludes halogenated alkanes) is 4. The van der Waals surface area contributed by atoms with Crippen LogP contribution in [0.15, 0.2) is 285 Å². The fraction of sp³-hybridized carbons (Fsp3) is 0.172. The summed E-state index contributed by atoms with van der Waals surface area (Å²) in [7, 11) is 0. The van der Waals surface area contributed by atoms with Crippen molar-refractivity contribution in [3.8, 4) is 34.5 Å². The number of ether oxygens (including phenoxy) is 6. The summed E-state index contributed by atoms with van der Waals surface area (Å²) in [6.45, 7) is 4.55. The Labute approximate surface area is 619 Å². The van der Waals surface area contributed by atoms with Crippen LogP contribution in [0.25, 0.3) is 93.0 Å². The molecule has 0 aliphatic rings. The first kappa shape index (κ1) is 68.6. The number of benzene rings is 12. The van der Waals surface area contributed by atoms with E-state index >= 15 is 0 Å². The highest BCUT2D eigenvalue weighted by Gasteiger charge is 2.21. The number of esters is 2. The number of ketones is 1. The van der Waals surface area contributed by atoms with Gasteiger partial charge in [-0.15, -0.1) is 0 Å². The molecule has 0 saturated heterocycles. The van der Waals surface area contributed by atoms with Gasteiger partial charge < -0.3 is 51.8 Å². The molecule has 16 aromatic rings. The molecule has 0 aliphatic carbocycles. The largest absolute Gasteiger partial charge is 0.507 e. The molecular formula is C93H80N4O10. The molecule has 0 atom stereocenters. The molecule has 107 heavy (non-hydrogen) atoms. The minimum absolute atomic E-state index is 0.0354. The first-order valence-corrected chi connectivity index (χ1v) is 37.0. The molecule has 532 valence electrons. The highest BCUT2D eigenvalue weighted by molar-refractivity contribution is 6.11. The summed E-state index contributed by atoms with van der Waals surface area (Å²) < 4.78 is 47.8. The number of rotatable bonds is 31. The number of carbonyl (C=O) groups is 3. The monoisotopic (exact) mass is 1410 g/mol. The molecule has 0 spiro atoms. The zero-order valence-electron chi connectivity index (χ0n) is 59.4. The van der Waals surface area contributed by atoms with Gasteiger partial charge in [-0.2, -0.15) is 0 Å². The molecule has 0 aliphatic heterocycles. The Bertz CT molecular complexity index is 5150. The van der Waals surface area contributed by atoms with Gasteiger partial charge >= 0.3 is 11.9 Å². The van der Waals surface area contributed by atoms with E-state index < -0.39 is 23.5 Å². The third kappa shape index (κ3) is 15.0. The molecule has 0 saturated carbocycles. The summed E-state index contributed by atoms with van der Waals surface area (Å²) in [5.41, 5.74) is 10.1. The highest BCUT2D eigenvalue weighted by atomic mass is 16.5. The summed E-state index contributed by atoms with van der Waals surface area (Å²) in [6.07, 6.45) is 7.25. The second-order valence-electron chi connectivity index (χ2n) is 27.1. The number of aryl methyl sites for hydroxylation is 4. The Morgan fingerprint density at radius 3 is 0.766 bits per heavy atom. The van der Waals surface area contributed by atoms with Crippen LogP contribution in [0.4, 0.5) is 0 Å². The van der Waals surface area contributed by atoms with Gasteiger partial charge in [-0.3, -0.25) is 4.79 Å². The fourth-order valence-corrected chi connectivity index (χ4v) is 15.0. The number of hydrogen-bond donors (Lipinski definition) is 1. The van der Waals surface area contributed by atoms with E-state index in [4.69, 9.17) is 28.4 Å². The lowest BCUT2D eigenvalue weighted by Gasteiger charge is -2.15. The van der Waals surface area contributed by atoms with Gasteiger partial charge in [0.05, 0.1) is 37.6 Å². The molecular weight excluding hydrogens is 1330 g/mol. The summed E-state index contributed by atoms with van der Waals surface area (Å²) in [5, 5.41) is 21.5. The quantitative estimate of drug-likeness (QED) is 0.0111. The van der Waals surface area contributed by atoms with Crippen LogP contribution in [-0.4, -0.2) is 67.5 Å². The Morgan fingerprint density at radius 1 is 0.262 bits per heavy atom. The summed E-state index contributed by atoms with van der Waals surface area (Å²) in [5.74, 6) is -1.04. The van der Waals surface area contributed by atoms with Gasteiger partial charge in [-0.1, -0.05) is 176 Å². The predicted octanol–water partition coefficient (Wildman–Crippen LogP) is 21.8. The van der Waals surface area contributed by atoms with Gasteiger partial charge in [0.25, 0.3) is 0 Å². The third-order valence-corrected chi connectivity index (χ3v) is 20.1. The summed E-state index contributed by atoms with van der Waals surface area (Å²) in [6, 6.07) is 90.6. The minimum atomic E-state index is -0.784. The van der Waals surface area contributed by atoms with Crippen LogP contribution >= 0.6 is 0 Å². The number of fused-ring (bicyclic) bond motifs is 12. The molecule has 0 bridgehead atoms. The Balaban J connectivity index is 0.649. The first-order valence-electron chi connectivity index (χ1n) is 37.0. The van der Waals surface area contributed by atoms with Crippen LogP contribution in [0.2, 0.25) is 0 Å². The number of allylic oxidation sites excluding steroid dienone is 1. The Hall–Kier alpha value is -12.8. The second-order valence-corrected chi connectivity index (χ2v) is 27.1. The molecule has 0 amide bonds. The number of carbonyl (C=O) groups excluding carboxylic acids is 3. The van der Waals surface area contributed by atoms with E-state index in [1.165, 1.54) is 105 Å². The number of nitrogens with zero attached hydrogens (tertiary/aromatic N) is 4. The van der Waals surface area contributed by atoms with Crippen molar-refractivity contribution in [1.29, 1.82) is 0 Å². The van der Waals surface area contributed by atoms with Crippen molar-refractivity contribution >= 4 is 111 Å². The summed E-state index contributed by atoms with van der Waals surface area (Å²) >= 11 is 0. The van der Waals surface area contributed by atoms with E-state index in [-0.39, 0.29) is 28.2 Å². The van der Waals surface area contributed by atoms with Crippen molar-refractivity contribution in [2.45, 2.75) is 77.5 Å². The van der Waals surface area contributed by atoms with Crippen molar-refractivity contribution in [1.82, 2.24) is 18.3 Å². The molecule has 14 heteroatoms. The van der Waals surface area contributed by atoms with Crippen LogP contribution in [0.1, 0.15) is 88.0 Å². The van der Waals surface area contributed by atoms with Crippen LogP contribution < -0.4 is 28.4 Å². The van der Waals surface area contributed by atoms with Gasteiger partial charge in [0.1, 0.15) is 40.3 Å². The fourth-order valence-electron chi connectivity index (χ4n) is 15.0. The molecule has 0 radical (unpaired) electrons. The summed E-state index contributed by atoms with van der Waals surface area (Å²) in [4.78, 5) is 43.3. The number of aliphatic hydroxyl groups is 1. The maximum atomic E-state index is 14.8. The lowest BCUT2D eigenvalue weighted by atomic mass is 10.1. The Kier molecular flexibility index (Phi) is 20.3. The van der Waals surface area contributed by atoms with Gasteiger partial charge in [0, 0.05) is 149 Å². The average Bonchev–Trinajstić information content (AvgIpc) is 1.64. The van der Waals surface area contributed by atoms with Crippen molar-refractivity contribution < 1.29 is 47.9 Å². The van der Waals surface area contributed by atoms with E-state index in [0.717, 1.165) is 57.9 Å². The molecule has 12 aromatic carbocycles. The maximum absolute atomic E-state index is 14.8. The maximum Gasteiger partial charge on any atom is 0.343 e. The molecule has 16 rings (SSSR count).